The van der Waals surface area contributed by atoms with Crippen molar-refractivity contribution in [3.8, 4) is 0 Å². The number of aryl methyl sites for hydroxylation is 1. The van der Waals surface area contributed by atoms with Crippen molar-refractivity contribution in [3.05, 3.63) is 101 Å². The summed E-state index contributed by atoms with van der Waals surface area (Å²) in [4.78, 5) is 35.0. The lowest BCUT2D eigenvalue weighted by Gasteiger charge is -2.45. The molecule has 3 atom stereocenters. The van der Waals surface area contributed by atoms with Crippen molar-refractivity contribution in [2.45, 2.75) is 75.4 Å². The van der Waals surface area contributed by atoms with Gasteiger partial charge in [-0.15, -0.1) is 0 Å². The lowest BCUT2D eigenvalue weighted by Crippen LogP contribution is -2.49. The molecule has 0 saturated carbocycles. The Hall–Kier alpha value is -4.04. The highest BCUT2D eigenvalue weighted by Gasteiger charge is 2.44. The third-order valence-electron chi connectivity index (χ3n) is 10.8. The zero-order valence-electron chi connectivity index (χ0n) is 26.1. The van der Waals surface area contributed by atoms with Gasteiger partial charge in [0.2, 0.25) is 0 Å². The first-order valence-electron chi connectivity index (χ1n) is 16.3. The summed E-state index contributed by atoms with van der Waals surface area (Å²) in [6.07, 6.45) is 7.14. The quantitative estimate of drug-likeness (QED) is 0.219. The van der Waals surface area contributed by atoms with E-state index in [9.17, 15) is 14.0 Å². The highest BCUT2D eigenvalue weighted by molar-refractivity contribution is 5.98. The largest absolute Gasteiger partial charge is 0.465 e. The first kappa shape index (κ1) is 29.7. The highest BCUT2D eigenvalue weighted by atomic mass is 19.1. The zero-order chi connectivity index (χ0) is 31.1. The normalized spacial score (nSPS) is 22.9. The van der Waals surface area contributed by atoms with Gasteiger partial charge in [0.25, 0.3) is 5.91 Å². The minimum atomic E-state index is -0.458. The van der Waals surface area contributed by atoms with Gasteiger partial charge in [-0.3, -0.25) is 9.69 Å². The molecule has 0 unspecified atom stereocenters. The van der Waals surface area contributed by atoms with Crippen LogP contribution in [0.15, 0.2) is 72.8 Å². The minimum absolute atomic E-state index is 0.0870. The fourth-order valence-electron chi connectivity index (χ4n) is 8.51. The van der Waals surface area contributed by atoms with Crippen LogP contribution >= 0.6 is 0 Å². The summed E-state index contributed by atoms with van der Waals surface area (Å²) in [5.41, 5.74) is 3.98. The molecule has 3 saturated heterocycles. The van der Waals surface area contributed by atoms with Gasteiger partial charge in [0.1, 0.15) is 11.6 Å². The van der Waals surface area contributed by atoms with Gasteiger partial charge in [-0.05, 0) is 112 Å². The van der Waals surface area contributed by atoms with Gasteiger partial charge in [-0.2, -0.15) is 0 Å². The van der Waals surface area contributed by atoms with Crippen LogP contribution in [-0.2, 0) is 10.2 Å². The number of fused-ring (bicyclic) bond motifs is 3. The third-order valence-corrected chi connectivity index (χ3v) is 10.8. The van der Waals surface area contributed by atoms with Crippen molar-refractivity contribution in [2.75, 3.05) is 26.7 Å². The molecule has 1 amide bonds. The summed E-state index contributed by atoms with van der Waals surface area (Å²) >= 11 is 0. The second-order valence-electron chi connectivity index (χ2n) is 13.2. The number of halogens is 1. The van der Waals surface area contributed by atoms with E-state index in [1.165, 1.54) is 31.5 Å². The number of hydrogen-bond acceptors (Lipinski definition) is 5. The Bertz CT molecular complexity index is 1710. The van der Waals surface area contributed by atoms with Gasteiger partial charge < -0.3 is 14.2 Å². The fraction of sp³-hybridized carbons (Fsp3) is 0.432. The van der Waals surface area contributed by atoms with Crippen LogP contribution in [-0.4, -0.2) is 70.1 Å². The number of carbonyl (C=O) groups excluding carboxylic acids is 2. The molecule has 1 aromatic heterocycles. The molecule has 4 aromatic rings. The van der Waals surface area contributed by atoms with E-state index in [0.717, 1.165) is 55.6 Å². The minimum Gasteiger partial charge on any atom is -0.465 e. The van der Waals surface area contributed by atoms with E-state index in [0.29, 0.717) is 42.3 Å². The van der Waals surface area contributed by atoms with Crippen molar-refractivity contribution in [1.82, 2.24) is 19.4 Å². The van der Waals surface area contributed by atoms with Gasteiger partial charge in [0, 0.05) is 36.8 Å². The molecule has 0 spiro atoms. The van der Waals surface area contributed by atoms with Crippen LogP contribution < -0.4 is 0 Å². The highest BCUT2D eigenvalue weighted by Crippen LogP contribution is 2.45. The number of rotatable bonds is 7. The average Bonchev–Trinajstić information content (AvgIpc) is 3.53. The molecule has 0 aliphatic carbocycles. The topological polar surface area (TPSA) is 67.7 Å². The number of nitrogens with zero attached hydrogens (tertiary/aromatic N) is 4. The van der Waals surface area contributed by atoms with Gasteiger partial charge in [-0.25, -0.2) is 14.2 Å². The number of aromatic nitrogens is 2. The Balaban J connectivity index is 1.07. The molecule has 8 heteroatoms. The number of ether oxygens (including phenoxy) is 1. The van der Waals surface area contributed by atoms with E-state index in [2.05, 4.69) is 46.7 Å². The number of carbonyl (C=O) groups is 2. The lowest BCUT2D eigenvalue weighted by molar-refractivity contribution is 0.0600. The Morgan fingerprint density at radius 3 is 2.36 bits per heavy atom. The summed E-state index contributed by atoms with van der Waals surface area (Å²) in [7, 11) is 1.34. The number of methoxy groups -OCH3 is 1. The molecular weight excluding hydrogens is 567 g/mol. The Morgan fingerprint density at radius 1 is 0.911 bits per heavy atom. The number of para-hydroxylation sites is 2. The van der Waals surface area contributed by atoms with E-state index < -0.39 is 5.97 Å². The maximum atomic E-state index is 14.6. The van der Waals surface area contributed by atoms with Crippen LogP contribution in [0.25, 0.3) is 11.0 Å². The number of benzene rings is 3. The Labute approximate surface area is 264 Å². The number of piperidine rings is 2. The van der Waals surface area contributed by atoms with Gasteiger partial charge >= 0.3 is 5.97 Å². The molecule has 2 bridgehead atoms. The Kier molecular flexibility index (Phi) is 7.94. The maximum absolute atomic E-state index is 14.6. The first-order valence-corrected chi connectivity index (χ1v) is 16.3. The fourth-order valence-corrected chi connectivity index (χ4v) is 8.51. The third kappa shape index (κ3) is 5.54. The molecule has 3 aliphatic heterocycles. The van der Waals surface area contributed by atoms with Crippen molar-refractivity contribution in [2.24, 2.45) is 0 Å². The SMILES string of the molecule is COC(=O)c1cccc(C(=O)N2CCC(CCN3[C@@H]4CC[C@H]3C[C@@H](n3c(C)nc5ccccc53)C4)(c3cccc(F)c3)CC2)c1. The summed E-state index contributed by atoms with van der Waals surface area (Å²) < 4.78 is 21.9. The second-order valence-corrected chi connectivity index (χ2v) is 13.2. The average molecular weight is 609 g/mol. The smallest absolute Gasteiger partial charge is 0.337 e. The molecule has 234 valence electrons. The van der Waals surface area contributed by atoms with Crippen LogP contribution in [0, 0.1) is 12.7 Å². The molecular formula is C37H41FN4O3. The zero-order valence-corrected chi connectivity index (χ0v) is 26.1. The molecule has 45 heavy (non-hydrogen) atoms. The van der Waals surface area contributed by atoms with E-state index in [-0.39, 0.29) is 17.1 Å². The van der Waals surface area contributed by atoms with Crippen molar-refractivity contribution < 1.29 is 18.7 Å². The maximum Gasteiger partial charge on any atom is 0.337 e. The molecule has 4 heterocycles. The number of esters is 1. The molecule has 7 rings (SSSR count). The monoisotopic (exact) mass is 608 g/mol. The van der Waals surface area contributed by atoms with Crippen LogP contribution in [0.4, 0.5) is 4.39 Å². The first-order chi connectivity index (χ1) is 21.8. The van der Waals surface area contributed by atoms with E-state index in [1.807, 2.05) is 11.0 Å². The number of imidazole rings is 1. The van der Waals surface area contributed by atoms with Crippen LogP contribution in [0.1, 0.15) is 83.1 Å². The summed E-state index contributed by atoms with van der Waals surface area (Å²) in [5, 5.41) is 0. The Morgan fingerprint density at radius 2 is 1.62 bits per heavy atom. The van der Waals surface area contributed by atoms with Crippen molar-refractivity contribution in [1.29, 1.82) is 0 Å². The van der Waals surface area contributed by atoms with Crippen molar-refractivity contribution >= 4 is 22.9 Å². The number of hydrogen-bond donors (Lipinski definition) is 0. The van der Waals surface area contributed by atoms with Crippen LogP contribution in [0.3, 0.4) is 0 Å². The summed E-state index contributed by atoms with van der Waals surface area (Å²) in [5.74, 6) is 0.335. The van der Waals surface area contributed by atoms with Crippen LogP contribution in [0.5, 0.6) is 0 Å². The lowest BCUT2D eigenvalue weighted by atomic mass is 9.70. The molecule has 3 aromatic carbocycles. The summed E-state index contributed by atoms with van der Waals surface area (Å²) in [6, 6.07) is 23.8. The molecule has 0 N–H and O–H groups in total. The van der Waals surface area contributed by atoms with E-state index in [4.69, 9.17) is 9.72 Å². The predicted octanol–water partition coefficient (Wildman–Crippen LogP) is 6.70. The molecule has 3 fully saturated rings. The van der Waals surface area contributed by atoms with Gasteiger partial charge in [0.15, 0.2) is 0 Å². The standard InChI is InChI=1S/C37H41FN4O3/c1-25-39-33-11-3-4-12-34(33)42(25)32-23-30-13-14-31(24-32)41(30)20-17-37(28-9-6-10-29(38)22-28)15-18-40(19-16-37)35(43)26-7-5-8-27(21-26)36(44)45-2/h3-12,21-22,30-32H,13-20,23-24H2,1-2H3/t30-,31+,32+. The molecule has 3 aliphatic rings. The van der Waals surface area contributed by atoms with Gasteiger partial charge in [-0.1, -0.05) is 30.3 Å². The number of amides is 1. The van der Waals surface area contributed by atoms with E-state index in [1.54, 1.807) is 30.3 Å². The van der Waals surface area contributed by atoms with E-state index >= 15 is 0 Å². The molecule has 0 radical (unpaired) electrons. The molecule has 7 nitrogen and oxygen atoms in total. The predicted molar refractivity (Wildman–Crippen MR) is 172 cm³/mol. The van der Waals surface area contributed by atoms with Crippen LogP contribution in [0.2, 0.25) is 0 Å². The van der Waals surface area contributed by atoms with Crippen molar-refractivity contribution in [3.63, 3.8) is 0 Å². The second kappa shape index (κ2) is 12.0. The van der Waals surface area contributed by atoms with Gasteiger partial charge in [0.05, 0.1) is 23.7 Å². The number of likely N-dealkylation sites (tertiary alicyclic amines) is 1. The summed E-state index contributed by atoms with van der Waals surface area (Å²) in [6.45, 7) is 4.26.